The van der Waals surface area contributed by atoms with Crippen molar-refractivity contribution in [3.63, 3.8) is 0 Å². The second kappa shape index (κ2) is 6.49. The lowest BCUT2D eigenvalue weighted by Gasteiger charge is -2.13. The summed E-state index contributed by atoms with van der Waals surface area (Å²) >= 11 is 0. The van der Waals surface area contributed by atoms with Crippen molar-refractivity contribution >= 4 is 33.1 Å². The summed E-state index contributed by atoms with van der Waals surface area (Å²) < 4.78 is 0. The molecule has 29 heavy (non-hydrogen) atoms. The average molecular weight is 381 g/mol. The zero-order valence-corrected chi connectivity index (χ0v) is 15.7. The number of pyridine rings is 2. The predicted octanol–water partition coefficient (Wildman–Crippen LogP) is 3.62. The highest BCUT2D eigenvalue weighted by atomic mass is 15.1. The van der Waals surface area contributed by atoms with Gasteiger partial charge in [0, 0.05) is 18.1 Å². The molecule has 2 aliphatic rings. The van der Waals surface area contributed by atoms with E-state index in [0.717, 1.165) is 76.3 Å². The maximum absolute atomic E-state index is 4.87. The van der Waals surface area contributed by atoms with Crippen LogP contribution in [0.5, 0.6) is 0 Å². The molecule has 4 aromatic rings. The summed E-state index contributed by atoms with van der Waals surface area (Å²) in [6.07, 6.45) is 14.2. The van der Waals surface area contributed by atoms with Crippen LogP contribution in [0.3, 0.4) is 0 Å². The quantitative estimate of drug-likeness (QED) is 0.504. The highest BCUT2D eigenvalue weighted by Gasteiger charge is 2.18. The van der Waals surface area contributed by atoms with Crippen molar-refractivity contribution in [3.05, 3.63) is 60.2 Å². The van der Waals surface area contributed by atoms with Gasteiger partial charge in [0.25, 0.3) is 0 Å². The number of hydrogen-bond donors (Lipinski definition) is 3. The number of aromatic amines is 2. The fourth-order valence-corrected chi connectivity index (χ4v) is 4.02. The Labute approximate surface area is 166 Å². The molecule has 0 atom stereocenters. The third kappa shape index (κ3) is 2.70. The van der Waals surface area contributed by atoms with Crippen molar-refractivity contribution in [2.45, 2.75) is 12.8 Å². The van der Waals surface area contributed by atoms with E-state index in [1.807, 2.05) is 18.5 Å². The molecular weight excluding hydrogens is 362 g/mol. The Hall–Kier alpha value is -3.58. The first kappa shape index (κ1) is 16.4. The number of hydrogen-bond acceptors (Lipinski definition) is 5. The summed E-state index contributed by atoms with van der Waals surface area (Å²) in [5.74, 6) is 0.736. The van der Waals surface area contributed by atoms with E-state index in [4.69, 9.17) is 4.98 Å². The fraction of sp³-hybridized carbons (Fsp3) is 0.182. The topological polar surface area (TPSA) is 95.2 Å². The van der Waals surface area contributed by atoms with Gasteiger partial charge in [0.15, 0.2) is 5.82 Å². The van der Waals surface area contributed by atoms with Crippen molar-refractivity contribution < 1.29 is 0 Å². The summed E-state index contributed by atoms with van der Waals surface area (Å²) in [5.41, 5.74) is 7.82. The number of nitrogens with zero attached hydrogens (tertiary/aromatic N) is 4. The van der Waals surface area contributed by atoms with E-state index in [0.29, 0.717) is 0 Å². The Morgan fingerprint density at radius 2 is 2.03 bits per heavy atom. The van der Waals surface area contributed by atoms with Crippen LogP contribution in [0.25, 0.3) is 44.6 Å². The van der Waals surface area contributed by atoms with Crippen LogP contribution in [0.1, 0.15) is 24.2 Å². The van der Waals surface area contributed by atoms with Crippen LogP contribution in [0, 0.1) is 0 Å². The summed E-state index contributed by atoms with van der Waals surface area (Å²) in [6.45, 7) is 1.87. The van der Waals surface area contributed by atoms with E-state index in [-0.39, 0.29) is 0 Å². The Balaban J connectivity index is 1.49. The van der Waals surface area contributed by atoms with E-state index >= 15 is 0 Å². The van der Waals surface area contributed by atoms with E-state index < -0.39 is 0 Å². The maximum atomic E-state index is 4.87. The molecule has 5 heterocycles. The van der Waals surface area contributed by atoms with Crippen LogP contribution in [0.15, 0.2) is 48.8 Å². The number of H-pyrrole nitrogens is 2. The fourth-order valence-electron chi connectivity index (χ4n) is 4.02. The third-order valence-electron chi connectivity index (χ3n) is 5.51. The molecule has 0 saturated heterocycles. The first-order chi connectivity index (χ1) is 14.4. The normalized spacial score (nSPS) is 16.6. The Morgan fingerprint density at radius 3 is 2.90 bits per heavy atom. The van der Waals surface area contributed by atoms with E-state index in [1.165, 1.54) is 5.57 Å². The molecule has 0 radical (unpaired) electrons. The molecule has 1 aliphatic heterocycles. The molecule has 0 bridgehead atoms. The van der Waals surface area contributed by atoms with Crippen molar-refractivity contribution in [1.82, 2.24) is 35.5 Å². The summed E-state index contributed by atoms with van der Waals surface area (Å²) in [5, 5.41) is 12.0. The van der Waals surface area contributed by atoms with Gasteiger partial charge in [-0.05, 0) is 42.7 Å². The number of allylic oxidation sites excluding steroid dienone is 4. The van der Waals surface area contributed by atoms with Crippen molar-refractivity contribution in [1.29, 1.82) is 0 Å². The predicted molar refractivity (Wildman–Crippen MR) is 114 cm³/mol. The molecule has 7 nitrogen and oxygen atoms in total. The van der Waals surface area contributed by atoms with Crippen molar-refractivity contribution in [3.8, 4) is 11.5 Å². The third-order valence-corrected chi connectivity index (χ3v) is 5.51. The first-order valence-corrected chi connectivity index (χ1v) is 9.83. The van der Waals surface area contributed by atoms with E-state index in [2.05, 4.69) is 60.8 Å². The molecule has 1 aliphatic carbocycles. The minimum absolute atomic E-state index is 0.736. The molecule has 0 amide bonds. The lowest BCUT2D eigenvalue weighted by Crippen LogP contribution is -2.20. The summed E-state index contributed by atoms with van der Waals surface area (Å²) in [6, 6.07) is 4.07. The molecule has 142 valence electrons. The van der Waals surface area contributed by atoms with Gasteiger partial charge >= 0.3 is 0 Å². The molecule has 7 heteroatoms. The lowest BCUT2D eigenvalue weighted by molar-refractivity contribution is 0.737. The first-order valence-electron chi connectivity index (χ1n) is 9.83. The van der Waals surface area contributed by atoms with Crippen LogP contribution in [-0.2, 0) is 0 Å². The largest absolute Gasteiger partial charge is 0.336 e. The van der Waals surface area contributed by atoms with Gasteiger partial charge < -0.3 is 10.3 Å². The van der Waals surface area contributed by atoms with Crippen LogP contribution in [0.2, 0.25) is 0 Å². The number of rotatable bonds is 3. The maximum Gasteiger partial charge on any atom is 0.159 e. The molecule has 4 aromatic heterocycles. The summed E-state index contributed by atoms with van der Waals surface area (Å²) in [7, 11) is 0. The minimum Gasteiger partial charge on any atom is -0.336 e. The number of imidazole rings is 1. The van der Waals surface area contributed by atoms with Gasteiger partial charge in [0.2, 0.25) is 0 Å². The molecule has 6 rings (SSSR count). The number of aromatic nitrogens is 6. The van der Waals surface area contributed by atoms with Crippen LogP contribution < -0.4 is 5.32 Å². The molecule has 0 saturated carbocycles. The number of nitrogens with one attached hydrogen (secondary N) is 3. The smallest absolute Gasteiger partial charge is 0.159 e. The Morgan fingerprint density at radius 1 is 1.03 bits per heavy atom. The molecule has 0 spiro atoms. The molecule has 0 fully saturated rings. The highest BCUT2D eigenvalue weighted by Crippen LogP contribution is 2.31. The van der Waals surface area contributed by atoms with Gasteiger partial charge in [-0.1, -0.05) is 24.3 Å². The second-order valence-corrected chi connectivity index (χ2v) is 7.31. The number of fused-ring (bicyclic) bond motifs is 2. The zero-order valence-electron chi connectivity index (χ0n) is 15.7. The van der Waals surface area contributed by atoms with Crippen molar-refractivity contribution in [2.24, 2.45) is 0 Å². The SMILES string of the molecule is C1=CC(c2nccc3[nH]c(-c4n[nH]c5cnc(C6=CCNCC6)cc45)nc23)=CC1. The zero-order chi connectivity index (χ0) is 19.2. The molecular formula is C22H19N7. The average Bonchev–Trinajstić information content (AvgIpc) is 3.52. The Kier molecular flexibility index (Phi) is 3.67. The summed E-state index contributed by atoms with van der Waals surface area (Å²) in [4.78, 5) is 17.5. The molecule has 0 aromatic carbocycles. The standard InChI is InChI=1S/C22H19N7/c1-2-4-14(3-1)19-21-16(7-10-24-19)26-22(27-21)20-15-11-17(13-5-8-23-9-6-13)25-12-18(15)28-29-20/h1,3-5,7,10-12,23H,2,6,8-9H2,(H,26,27)(H,28,29). The monoisotopic (exact) mass is 381 g/mol. The minimum atomic E-state index is 0.736. The van der Waals surface area contributed by atoms with E-state index in [9.17, 15) is 0 Å². The van der Waals surface area contributed by atoms with Crippen LogP contribution >= 0.6 is 0 Å². The van der Waals surface area contributed by atoms with Crippen molar-refractivity contribution in [2.75, 3.05) is 13.1 Å². The van der Waals surface area contributed by atoms with Gasteiger partial charge in [-0.2, -0.15) is 5.10 Å². The van der Waals surface area contributed by atoms with Crippen LogP contribution in [0.4, 0.5) is 0 Å². The lowest BCUT2D eigenvalue weighted by atomic mass is 10.0. The highest BCUT2D eigenvalue weighted by molar-refractivity contribution is 5.96. The Bertz CT molecular complexity index is 1340. The van der Waals surface area contributed by atoms with Crippen LogP contribution in [-0.4, -0.2) is 43.2 Å². The van der Waals surface area contributed by atoms with Gasteiger partial charge in [0.1, 0.15) is 11.2 Å². The van der Waals surface area contributed by atoms with Gasteiger partial charge in [-0.25, -0.2) is 4.98 Å². The van der Waals surface area contributed by atoms with Gasteiger partial charge in [-0.15, -0.1) is 0 Å². The molecule has 0 unspecified atom stereocenters. The molecule has 3 N–H and O–H groups in total. The van der Waals surface area contributed by atoms with Gasteiger partial charge in [0.05, 0.1) is 28.6 Å². The van der Waals surface area contributed by atoms with Gasteiger partial charge in [-0.3, -0.25) is 15.1 Å². The second-order valence-electron chi connectivity index (χ2n) is 7.31. The van der Waals surface area contributed by atoms with E-state index in [1.54, 1.807) is 0 Å².